The lowest BCUT2D eigenvalue weighted by molar-refractivity contribution is -0.125. The van der Waals surface area contributed by atoms with Gasteiger partial charge in [-0.05, 0) is 31.7 Å². The van der Waals surface area contributed by atoms with Crippen molar-refractivity contribution in [1.29, 1.82) is 0 Å². The number of pyridine rings is 1. The summed E-state index contributed by atoms with van der Waals surface area (Å²) in [5.74, 6) is 0.0677. The minimum atomic E-state index is -0.601. The van der Waals surface area contributed by atoms with Crippen LogP contribution in [0.1, 0.15) is 39.0 Å². The van der Waals surface area contributed by atoms with Crippen LogP contribution in [0.5, 0.6) is 0 Å². The van der Waals surface area contributed by atoms with Gasteiger partial charge < -0.3 is 15.0 Å². The zero-order chi connectivity index (χ0) is 15.3. The number of nitrogens with zero attached hydrogens (tertiary/aromatic N) is 1. The first kappa shape index (κ1) is 15.8. The molecule has 0 unspecified atom stereocenters. The van der Waals surface area contributed by atoms with E-state index in [0.29, 0.717) is 5.92 Å². The molecule has 1 heterocycles. The van der Waals surface area contributed by atoms with Gasteiger partial charge in [-0.1, -0.05) is 25.3 Å². The predicted octanol–water partition coefficient (Wildman–Crippen LogP) is 1.30. The Bertz CT molecular complexity index is 534. The van der Waals surface area contributed by atoms with Crippen LogP contribution in [0.3, 0.4) is 0 Å². The van der Waals surface area contributed by atoms with E-state index in [0.717, 1.165) is 25.7 Å². The Morgan fingerprint density at radius 3 is 2.71 bits per heavy atom. The first-order chi connectivity index (χ1) is 10.0. The van der Waals surface area contributed by atoms with Crippen molar-refractivity contribution in [2.45, 2.75) is 51.1 Å². The first-order valence-electron chi connectivity index (χ1n) is 7.62. The summed E-state index contributed by atoms with van der Waals surface area (Å²) in [6.45, 7) is 1.81. The largest absolute Gasteiger partial charge is 0.394 e. The standard InChI is InChI=1S/C16H24N2O3/c1-16(12-19,13-7-3-2-4-8-13)17-14(20)11-18-10-6-5-9-15(18)21/h5-6,9-10,13,19H,2-4,7-8,11-12H2,1H3,(H,17,20)/t16-/m0/s1. The molecule has 0 aliphatic heterocycles. The van der Waals surface area contributed by atoms with E-state index in [2.05, 4.69) is 5.32 Å². The fraction of sp³-hybridized carbons (Fsp3) is 0.625. The van der Waals surface area contributed by atoms with Crippen molar-refractivity contribution < 1.29 is 9.90 Å². The van der Waals surface area contributed by atoms with Crippen molar-refractivity contribution in [1.82, 2.24) is 9.88 Å². The molecular formula is C16H24N2O3. The van der Waals surface area contributed by atoms with E-state index in [1.807, 2.05) is 6.92 Å². The van der Waals surface area contributed by atoms with Crippen molar-refractivity contribution in [3.05, 3.63) is 34.7 Å². The number of rotatable bonds is 5. The maximum Gasteiger partial charge on any atom is 0.250 e. The van der Waals surface area contributed by atoms with E-state index in [4.69, 9.17) is 0 Å². The molecule has 1 aliphatic carbocycles. The van der Waals surface area contributed by atoms with Crippen LogP contribution in [0.4, 0.5) is 0 Å². The lowest BCUT2D eigenvalue weighted by Gasteiger charge is -2.39. The molecule has 0 spiro atoms. The Kier molecular flexibility index (Phi) is 5.17. The first-order valence-corrected chi connectivity index (χ1v) is 7.62. The third-order valence-corrected chi connectivity index (χ3v) is 4.47. The summed E-state index contributed by atoms with van der Waals surface area (Å²) < 4.78 is 1.37. The molecule has 5 nitrogen and oxygen atoms in total. The van der Waals surface area contributed by atoms with Crippen LogP contribution in [0.25, 0.3) is 0 Å². The van der Waals surface area contributed by atoms with Gasteiger partial charge in [-0.3, -0.25) is 9.59 Å². The Labute approximate surface area is 125 Å². The van der Waals surface area contributed by atoms with Gasteiger partial charge in [0.25, 0.3) is 5.56 Å². The van der Waals surface area contributed by atoms with Crippen LogP contribution in [0.2, 0.25) is 0 Å². The van der Waals surface area contributed by atoms with E-state index < -0.39 is 5.54 Å². The SMILES string of the molecule is C[C@@](CO)(NC(=O)Cn1ccccc1=O)C1CCCCC1. The van der Waals surface area contributed by atoms with E-state index in [-0.39, 0.29) is 24.6 Å². The summed E-state index contributed by atoms with van der Waals surface area (Å²) in [5, 5.41) is 12.7. The highest BCUT2D eigenvalue weighted by Gasteiger charge is 2.35. The zero-order valence-corrected chi connectivity index (χ0v) is 12.5. The maximum absolute atomic E-state index is 12.2. The minimum absolute atomic E-state index is 0.0119. The highest BCUT2D eigenvalue weighted by atomic mass is 16.3. The van der Waals surface area contributed by atoms with Gasteiger partial charge in [0.15, 0.2) is 0 Å². The maximum atomic E-state index is 12.2. The van der Waals surface area contributed by atoms with Crippen molar-refractivity contribution >= 4 is 5.91 Å². The van der Waals surface area contributed by atoms with Crippen LogP contribution < -0.4 is 10.9 Å². The smallest absolute Gasteiger partial charge is 0.250 e. The lowest BCUT2D eigenvalue weighted by atomic mass is 9.76. The third-order valence-electron chi connectivity index (χ3n) is 4.47. The second-order valence-corrected chi connectivity index (χ2v) is 6.13. The number of aliphatic hydroxyl groups is 1. The molecule has 0 aromatic carbocycles. The zero-order valence-electron chi connectivity index (χ0n) is 12.5. The number of aliphatic hydroxyl groups excluding tert-OH is 1. The summed E-state index contributed by atoms with van der Waals surface area (Å²) in [6.07, 6.45) is 7.18. The highest BCUT2D eigenvalue weighted by molar-refractivity contribution is 5.76. The fourth-order valence-corrected chi connectivity index (χ4v) is 3.11. The second-order valence-electron chi connectivity index (χ2n) is 6.13. The summed E-state index contributed by atoms with van der Waals surface area (Å²) in [4.78, 5) is 23.8. The Morgan fingerprint density at radius 2 is 2.10 bits per heavy atom. The van der Waals surface area contributed by atoms with Crippen LogP contribution in [0, 0.1) is 5.92 Å². The number of hydrogen-bond acceptors (Lipinski definition) is 3. The van der Waals surface area contributed by atoms with Crippen LogP contribution in [0.15, 0.2) is 29.2 Å². The molecular weight excluding hydrogens is 268 g/mol. The number of hydrogen-bond donors (Lipinski definition) is 2. The molecule has 1 saturated carbocycles. The van der Waals surface area contributed by atoms with Crippen LogP contribution >= 0.6 is 0 Å². The molecule has 1 aromatic heterocycles. The average molecular weight is 292 g/mol. The molecule has 116 valence electrons. The van der Waals surface area contributed by atoms with Crippen molar-refractivity contribution in [2.75, 3.05) is 6.61 Å². The van der Waals surface area contributed by atoms with E-state index in [1.165, 1.54) is 17.1 Å². The summed E-state index contributed by atoms with van der Waals surface area (Å²) in [6, 6.07) is 4.80. The number of nitrogens with one attached hydrogen (secondary N) is 1. The summed E-state index contributed by atoms with van der Waals surface area (Å²) >= 11 is 0. The minimum Gasteiger partial charge on any atom is -0.394 e. The van der Waals surface area contributed by atoms with E-state index >= 15 is 0 Å². The van der Waals surface area contributed by atoms with Gasteiger partial charge in [-0.2, -0.15) is 0 Å². The lowest BCUT2D eigenvalue weighted by Crippen LogP contribution is -2.55. The molecule has 0 radical (unpaired) electrons. The number of carbonyl (C=O) groups is 1. The van der Waals surface area contributed by atoms with Gasteiger partial charge >= 0.3 is 0 Å². The Hall–Kier alpha value is -1.62. The van der Waals surface area contributed by atoms with Crippen molar-refractivity contribution in [3.63, 3.8) is 0 Å². The molecule has 1 atom stereocenters. The van der Waals surface area contributed by atoms with Crippen molar-refractivity contribution in [3.8, 4) is 0 Å². The van der Waals surface area contributed by atoms with Crippen LogP contribution in [-0.2, 0) is 11.3 Å². The summed E-state index contributed by atoms with van der Waals surface area (Å²) in [7, 11) is 0. The number of carbonyl (C=O) groups excluding carboxylic acids is 1. The van der Waals surface area contributed by atoms with Gasteiger partial charge in [-0.15, -0.1) is 0 Å². The molecule has 1 aliphatic rings. The molecule has 0 saturated heterocycles. The molecule has 2 rings (SSSR count). The van der Waals surface area contributed by atoms with Crippen molar-refractivity contribution in [2.24, 2.45) is 5.92 Å². The highest BCUT2D eigenvalue weighted by Crippen LogP contribution is 2.32. The quantitative estimate of drug-likeness (QED) is 0.859. The van der Waals surface area contributed by atoms with E-state index in [1.54, 1.807) is 18.3 Å². The fourth-order valence-electron chi connectivity index (χ4n) is 3.11. The molecule has 0 bridgehead atoms. The van der Waals surface area contributed by atoms with Gasteiger partial charge in [0.05, 0.1) is 12.1 Å². The monoisotopic (exact) mass is 292 g/mol. The summed E-state index contributed by atoms with van der Waals surface area (Å²) in [5.41, 5.74) is -0.799. The van der Waals surface area contributed by atoms with Gasteiger partial charge in [0.1, 0.15) is 6.54 Å². The molecule has 1 amide bonds. The Balaban J connectivity index is 2.02. The number of amides is 1. The molecule has 21 heavy (non-hydrogen) atoms. The molecule has 1 aromatic rings. The number of aromatic nitrogens is 1. The normalized spacial score (nSPS) is 19.0. The third kappa shape index (κ3) is 3.94. The van der Waals surface area contributed by atoms with Gasteiger partial charge in [-0.25, -0.2) is 0 Å². The molecule has 2 N–H and O–H groups in total. The second kappa shape index (κ2) is 6.89. The topological polar surface area (TPSA) is 71.3 Å². The average Bonchev–Trinajstić information content (AvgIpc) is 2.50. The van der Waals surface area contributed by atoms with Gasteiger partial charge in [0.2, 0.25) is 5.91 Å². The van der Waals surface area contributed by atoms with E-state index in [9.17, 15) is 14.7 Å². The van der Waals surface area contributed by atoms with Crippen LogP contribution in [-0.4, -0.2) is 27.7 Å². The predicted molar refractivity (Wildman–Crippen MR) is 80.9 cm³/mol. The Morgan fingerprint density at radius 1 is 1.38 bits per heavy atom. The molecule has 5 heteroatoms. The van der Waals surface area contributed by atoms with Gasteiger partial charge in [0, 0.05) is 12.3 Å². The molecule has 1 fully saturated rings.